The van der Waals surface area contributed by atoms with E-state index in [0.29, 0.717) is 5.02 Å². The van der Waals surface area contributed by atoms with Crippen molar-refractivity contribution in [3.63, 3.8) is 0 Å². The van der Waals surface area contributed by atoms with Crippen molar-refractivity contribution in [2.24, 2.45) is 0 Å². The molecule has 0 bridgehead atoms. The largest absolute Gasteiger partial charge is 0.495 e. The lowest BCUT2D eigenvalue weighted by atomic mass is 10.1. The molecule has 2 aromatic rings. The molecule has 1 saturated heterocycles. The highest BCUT2D eigenvalue weighted by atomic mass is 35.5. The van der Waals surface area contributed by atoms with Gasteiger partial charge in [-0.3, -0.25) is 4.90 Å². The third-order valence-corrected chi connectivity index (χ3v) is 6.07. The predicted octanol–water partition coefficient (Wildman–Crippen LogP) is 2.66. The number of hydrogen-bond donors (Lipinski definition) is 1. The van der Waals surface area contributed by atoms with Crippen molar-refractivity contribution in [3.8, 4) is 5.75 Å². The fraction of sp³-hybridized carbons (Fsp3) is 0.368. The molecule has 0 radical (unpaired) electrons. The maximum Gasteiger partial charge on any atom is 0.244 e. The van der Waals surface area contributed by atoms with Crippen molar-refractivity contribution in [1.29, 1.82) is 0 Å². The molecule has 0 unspecified atom stereocenters. The van der Waals surface area contributed by atoms with Crippen molar-refractivity contribution in [2.75, 3.05) is 33.4 Å². The quantitative estimate of drug-likeness (QED) is 0.760. The Morgan fingerprint density at radius 2 is 1.78 bits per heavy atom. The molecule has 1 heterocycles. The number of hydrogen-bond acceptors (Lipinski definition) is 5. The molecule has 27 heavy (non-hydrogen) atoms. The first kappa shape index (κ1) is 20.1. The molecule has 0 aliphatic carbocycles. The van der Waals surface area contributed by atoms with Gasteiger partial charge in [-0.05, 0) is 29.3 Å². The zero-order valence-corrected chi connectivity index (χ0v) is 16.7. The molecule has 0 aromatic heterocycles. The summed E-state index contributed by atoms with van der Waals surface area (Å²) >= 11 is 5.93. The summed E-state index contributed by atoms with van der Waals surface area (Å²) < 4.78 is 38.3. The molecule has 8 heteroatoms. The van der Waals surface area contributed by atoms with Crippen LogP contribution < -0.4 is 9.46 Å². The van der Waals surface area contributed by atoms with Crippen molar-refractivity contribution >= 4 is 21.6 Å². The zero-order valence-electron chi connectivity index (χ0n) is 15.2. The lowest BCUT2D eigenvalue weighted by Gasteiger charge is -2.26. The molecular formula is C19H23ClN2O4S. The molecule has 1 aliphatic rings. The van der Waals surface area contributed by atoms with Gasteiger partial charge >= 0.3 is 0 Å². The number of rotatable bonds is 7. The summed E-state index contributed by atoms with van der Waals surface area (Å²) in [6.45, 7) is 4.47. The topological polar surface area (TPSA) is 67.9 Å². The van der Waals surface area contributed by atoms with Crippen molar-refractivity contribution in [3.05, 3.63) is 58.6 Å². The summed E-state index contributed by atoms with van der Waals surface area (Å²) in [5.41, 5.74) is 2.07. The number of nitrogens with zero attached hydrogens (tertiary/aromatic N) is 1. The Kier molecular flexibility index (Phi) is 6.73. The Bertz CT molecular complexity index is 866. The molecule has 3 rings (SSSR count). The number of ether oxygens (including phenoxy) is 2. The van der Waals surface area contributed by atoms with E-state index in [9.17, 15) is 8.42 Å². The lowest BCUT2D eigenvalue weighted by molar-refractivity contribution is 0.0342. The number of sulfonamides is 1. The summed E-state index contributed by atoms with van der Waals surface area (Å²) in [5.74, 6) is 0.257. The van der Waals surface area contributed by atoms with E-state index in [2.05, 4.69) is 9.62 Å². The van der Waals surface area contributed by atoms with Crippen LogP contribution in [-0.4, -0.2) is 46.7 Å². The van der Waals surface area contributed by atoms with Gasteiger partial charge in [-0.2, -0.15) is 0 Å². The molecule has 1 fully saturated rings. The molecule has 0 saturated carbocycles. The number of benzene rings is 2. The second-order valence-corrected chi connectivity index (χ2v) is 8.50. The van der Waals surface area contributed by atoms with Crippen molar-refractivity contribution in [1.82, 2.24) is 9.62 Å². The van der Waals surface area contributed by atoms with Gasteiger partial charge < -0.3 is 9.47 Å². The second kappa shape index (κ2) is 9.03. The standard InChI is InChI=1S/C19H23ClN2O4S/c1-25-18-7-6-17(20)12-19(18)27(23,24)21-13-15-2-4-16(5-3-15)14-22-8-10-26-11-9-22/h2-7,12,21H,8-11,13-14H2,1H3. The van der Waals surface area contributed by atoms with Gasteiger partial charge in [-0.25, -0.2) is 13.1 Å². The summed E-state index contributed by atoms with van der Waals surface area (Å²) in [6.07, 6.45) is 0. The Morgan fingerprint density at radius 3 is 2.44 bits per heavy atom. The molecule has 146 valence electrons. The van der Waals surface area contributed by atoms with Gasteiger partial charge in [0.15, 0.2) is 0 Å². The van der Waals surface area contributed by atoms with Crippen LogP contribution in [-0.2, 0) is 27.8 Å². The monoisotopic (exact) mass is 410 g/mol. The molecule has 6 nitrogen and oxygen atoms in total. The van der Waals surface area contributed by atoms with Crippen LogP contribution >= 0.6 is 11.6 Å². The summed E-state index contributed by atoms with van der Waals surface area (Å²) in [5, 5.41) is 0.337. The van der Waals surface area contributed by atoms with E-state index in [1.165, 1.54) is 24.8 Å². The average Bonchev–Trinajstić information content (AvgIpc) is 2.68. The minimum Gasteiger partial charge on any atom is -0.495 e. The summed E-state index contributed by atoms with van der Waals surface area (Å²) in [4.78, 5) is 2.37. The number of nitrogens with one attached hydrogen (secondary N) is 1. The van der Waals surface area contributed by atoms with Gasteiger partial charge in [0.25, 0.3) is 0 Å². The third-order valence-electron chi connectivity index (χ3n) is 4.41. The Hall–Kier alpha value is -1.64. The Morgan fingerprint density at radius 1 is 1.11 bits per heavy atom. The van der Waals surface area contributed by atoms with E-state index in [4.69, 9.17) is 21.1 Å². The van der Waals surface area contributed by atoms with Crippen LogP contribution in [0.25, 0.3) is 0 Å². The van der Waals surface area contributed by atoms with E-state index in [0.717, 1.165) is 38.4 Å². The van der Waals surface area contributed by atoms with E-state index in [1.807, 2.05) is 24.3 Å². The number of halogens is 1. The number of morpholine rings is 1. The predicted molar refractivity (Wildman–Crippen MR) is 105 cm³/mol. The van der Waals surface area contributed by atoms with Crippen LogP contribution in [0.3, 0.4) is 0 Å². The normalized spacial score (nSPS) is 15.6. The molecule has 2 aromatic carbocycles. The first-order valence-electron chi connectivity index (χ1n) is 8.69. The molecule has 1 N–H and O–H groups in total. The Balaban J connectivity index is 1.63. The molecule has 0 spiro atoms. The fourth-order valence-corrected chi connectivity index (χ4v) is 4.34. The first-order chi connectivity index (χ1) is 13.0. The SMILES string of the molecule is COc1ccc(Cl)cc1S(=O)(=O)NCc1ccc(CN2CCOCC2)cc1. The van der Waals surface area contributed by atoms with Crippen LogP contribution in [0.15, 0.2) is 47.4 Å². The number of methoxy groups -OCH3 is 1. The maximum atomic E-state index is 12.6. The van der Waals surface area contributed by atoms with E-state index < -0.39 is 10.0 Å². The fourth-order valence-electron chi connectivity index (χ4n) is 2.90. The van der Waals surface area contributed by atoms with Gasteiger partial charge in [0.2, 0.25) is 10.0 Å². The summed E-state index contributed by atoms with van der Waals surface area (Å²) in [7, 11) is -2.31. The Labute approximate surface area is 165 Å². The smallest absolute Gasteiger partial charge is 0.244 e. The zero-order chi connectivity index (χ0) is 19.3. The maximum absolute atomic E-state index is 12.6. The first-order valence-corrected chi connectivity index (χ1v) is 10.6. The third kappa shape index (κ3) is 5.43. The van der Waals surface area contributed by atoms with Crippen LogP contribution in [0, 0.1) is 0 Å². The molecular weight excluding hydrogens is 388 g/mol. The molecule has 0 atom stereocenters. The van der Waals surface area contributed by atoms with Gasteiger partial charge in [0, 0.05) is 31.2 Å². The highest BCUT2D eigenvalue weighted by molar-refractivity contribution is 7.89. The summed E-state index contributed by atoms with van der Waals surface area (Å²) in [6, 6.07) is 12.4. The minimum atomic E-state index is -3.74. The van der Waals surface area contributed by atoms with Crippen LogP contribution in [0.4, 0.5) is 0 Å². The van der Waals surface area contributed by atoms with E-state index in [-0.39, 0.29) is 17.2 Å². The van der Waals surface area contributed by atoms with Crippen LogP contribution in [0.5, 0.6) is 5.75 Å². The second-order valence-electron chi connectivity index (χ2n) is 6.32. The molecule has 0 amide bonds. The van der Waals surface area contributed by atoms with Crippen molar-refractivity contribution in [2.45, 2.75) is 18.0 Å². The minimum absolute atomic E-state index is 0.0291. The van der Waals surface area contributed by atoms with Gasteiger partial charge in [0.05, 0.1) is 20.3 Å². The van der Waals surface area contributed by atoms with Gasteiger partial charge in [-0.1, -0.05) is 35.9 Å². The van der Waals surface area contributed by atoms with E-state index in [1.54, 1.807) is 6.07 Å². The lowest BCUT2D eigenvalue weighted by Crippen LogP contribution is -2.35. The van der Waals surface area contributed by atoms with E-state index >= 15 is 0 Å². The van der Waals surface area contributed by atoms with Gasteiger partial charge in [-0.15, -0.1) is 0 Å². The highest BCUT2D eigenvalue weighted by Crippen LogP contribution is 2.27. The average molecular weight is 411 g/mol. The molecule has 1 aliphatic heterocycles. The van der Waals surface area contributed by atoms with Crippen LogP contribution in [0.1, 0.15) is 11.1 Å². The van der Waals surface area contributed by atoms with Crippen LogP contribution in [0.2, 0.25) is 5.02 Å². The highest BCUT2D eigenvalue weighted by Gasteiger charge is 2.19. The van der Waals surface area contributed by atoms with Gasteiger partial charge in [0.1, 0.15) is 10.6 Å². The van der Waals surface area contributed by atoms with Crippen molar-refractivity contribution < 1.29 is 17.9 Å².